The molecule has 1 heterocycles. The Hall–Kier alpha value is -2.43. The Balaban J connectivity index is 2.10. The van der Waals surface area contributed by atoms with Crippen molar-refractivity contribution >= 4 is 11.6 Å². The monoisotopic (exact) mass is 245 g/mol. The first-order chi connectivity index (χ1) is 8.66. The van der Waals surface area contributed by atoms with Crippen molar-refractivity contribution in [1.82, 2.24) is 4.98 Å². The third-order valence-corrected chi connectivity index (χ3v) is 2.48. The van der Waals surface area contributed by atoms with Gasteiger partial charge in [-0.05, 0) is 23.8 Å². The number of pyridine rings is 1. The van der Waals surface area contributed by atoms with E-state index in [4.69, 9.17) is 5.73 Å². The number of rotatable bonds is 4. The number of nitrogens with zero attached hydrogens (tertiary/aromatic N) is 1. The standard InChI is InChI=1S/C13H12FN3O/c14-10-3-1-9(2-4-10)7-17-12-5-6-16-8-11(12)13(15)18/h1-6,8H,7H2,(H2,15,18)(H,16,17). The Morgan fingerprint density at radius 3 is 2.67 bits per heavy atom. The maximum atomic E-state index is 12.7. The smallest absolute Gasteiger partial charge is 0.252 e. The van der Waals surface area contributed by atoms with E-state index in [0.29, 0.717) is 17.8 Å². The number of carbonyl (C=O) groups is 1. The quantitative estimate of drug-likeness (QED) is 0.864. The van der Waals surface area contributed by atoms with Gasteiger partial charge in [-0.2, -0.15) is 0 Å². The van der Waals surface area contributed by atoms with Crippen LogP contribution in [0.1, 0.15) is 15.9 Å². The second kappa shape index (κ2) is 5.27. The molecule has 0 fully saturated rings. The average Bonchev–Trinajstić information content (AvgIpc) is 2.38. The van der Waals surface area contributed by atoms with Gasteiger partial charge in [0.15, 0.2) is 0 Å². The first-order valence-corrected chi connectivity index (χ1v) is 5.39. The van der Waals surface area contributed by atoms with E-state index in [0.717, 1.165) is 5.56 Å². The van der Waals surface area contributed by atoms with Gasteiger partial charge in [0.25, 0.3) is 5.91 Å². The highest BCUT2D eigenvalue weighted by Gasteiger charge is 2.07. The summed E-state index contributed by atoms with van der Waals surface area (Å²) in [6, 6.07) is 7.79. The van der Waals surface area contributed by atoms with Gasteiger partial charge in [-0.25, -0.2) is 4.39 Å². The molecule has 18 heavy (non-hydrogen) atoms. The van der Waals surface area contributed by atoms with E-state index in [1.807, 2.05) is 0 Å². The summed E-state index contributed by atoms with van der Waals surface area (Å²) in [7, 11) is 0. The van der Waals surface area contributed by atoms with Crippen LogP contribution in [0.5, 0.6) is 0 Å². The predicted octanol–water partition coefficient (Wildman–Crippen LogP) is 1.93. The highest BCUT2D eigenvalue weighted by molar-refractivity contribution is 5.98. The van der Waals surface area contributed by atoms with Gasteiger partial charge in [0.05, 0.1) is 11.3 Å². The van der Waals surface area contributed by atoms with Crippen molar-refractivity contribution < 1.29 is 9.18 Å². The summed E-state index contributed by atoms with van der Waals surface area (Å²) in [5, 5.41) is 3.07. The molecule has 0 radical (unpaired) electrons. The Labute approximate surface area is 104 Å². The SMILES string of the molecule is NC(=O)c1cnccc1NCc1ccc(F)cc1. The normalized spacial score (nSPS) is 10.1. The topological polar surface area (TPSA) is 68.0 Å². The number of anilines is 1. The molecule has 0 unspecified atom stereocenters. The zero-order valence-corrected chi connectivity index (χ0v) is 9.56. The first-order valence-electron chi connectivity index (χ1n) is 5.39. The van der Waals surface area contributed by atoms with Gasteiger partial charge in [-0.1, -0.05) is 12.1 Å². The number of halogens is 1. The highest BCUT2D eigenvalue weighted by atomic mass is 19.1. The number of amides is 1. The fraction of sp³-hybridized carbons (Fsp3) is 0.0769. The van der Waals surface area contributed by atoms with Crippen molar-refractivity contribution in [3.8, 4) is 0 Å². The highest BCUT2D eigenvalue weighted by Crippen LogP contribution is 2.14. The number of primary amides is 1. The summed E-state index contributed by atoms with van der Waals surface area (Å²) >= 11 is 0. The molecule has 0 spiro atoms. The molecule has 1 amide bonds. The van der Waals surface area contributed by atoms with Gasteiger partial charge >= 0.3 is 0 Å². The Morgan fingerprint density at radius 2 is 2.00 bits per heavy atom. The maximum Gasteiger partial charge on any atom is 0.252 e. The lowest BCUT2D eigenvalue weighted by Gasteiger charge is -2.09. The average molecular weight is 245 g/mol. The van der Waals surface area contributed by atoms with Gasteiger partial charge in [-0.3, -0.25) is 9.78 Å². The molecule has 0 aliphatic carbocycles. The van der Waals surface area contributed by atoms with Crippen molar-refractivity contribution in [3.63, 3.8) is 0 Å². The fourth-order valence-electron chi connectivity index (χ4n) is 1.54. The third kappa shape index (κ3) is 2.82. The van der Waals surface area contributed by atoms with Crippen LogP contribution in [0.4, 0.5) is 10.1 Å². The Morgan fingerprint density at radius 1 is 1.28 bits per heavy atom. The number of hydrogen-bond donors (Lipinski definition) is 2. The number of carbonyl (C=O) groups excluding carboxylic acids is 1. The minimum Gasteiger partial charge on any atom is -0.380 e. The maximum absolute atomic E-state index is 12.7. The second-order valence-corrected chi connectivity index (χ2v) is 3.77. The van der Waals surface area contributed by atoms with E-state index in [1.165, 1.54) is 18.3 Å². The largest absolute Gasteiger partial charge is 0.380 e. The molecule has 3 N–H and O–H groups in total. The molecule has 0 saturated carbocycles. The van der Waals surface area contributed by atoms with E-state index in [1.54, 1.807) is 24.4 Å². The van der Waals surface area contributed by atoms with E-state index < -0.39 is 5.91 Å². The van der Waals surface area contributed by atoms with Gasteiger partial charge in [0.1, 0.15) is 5.82 Å². The molecular weight excluding hydrogens is 233 g/mol. The molecule has 2 aromatic rings. The number of aromatic nitrogens is 1. The van der Waals surface area contributed by atoms with Crippen LogP contribution >= 0.6 is 0 Å². The molecule has 0 aliphatic rings. The van der Waals surface area contributed by atoms with Gasteiger partial charge in [0.2, 0.25) is 0 Å². The van der Waals surface area contributed by atoms with Crippen LogP contribution in [0.2, 0.25) is 0 Å². The van der Waals surface area contributed by atoms with Crippen molar-refractivity contribution in [2.75, 3.05) is 5.32 Å². The van der Waals surface area contributed by atoms with Gasteiger partial charge in [0, 0.05) is 18.9 Å². The van der Waals surface area contributed by atoms with Crippen LogP contribution in [-0.4, -0.2) is 10.9 Å². The van der Waals surface area contributed by atoms with E-state index in [-0.39, 0.29) is 5.82 Å². The van der Waals surface area contributed by atoms with Crippen molar-refractivity contribution in [1.29, 1.82) is 0 Å². The number of hydrogen-bond acceptors (Lipinski definition) is 3. The van der Waals surface area contributed by atoms with Gasteiger partial charge in [-0.15, -0.1) is 0 Å². The molecule has 2 rings (SSSR count). The zero-order chi connectivity index (χ0) is 13.0. The minimum atomic E-state index is -0.537. The molecule has 0 atom stereocenters. The number of nitrogens with two attached hydrogens (primary N) is 1. The summed E-state index contributed by atoms with van der Waals surface area (Å²) in [6.45, 7) is 0.477. The Kier molecular flexibility index (Phi) is 3.52. The first kappa shape index (κ1) is 12.0. The molecule has 1 aromatic heterocycles. The third-order valence-electron chi connectivity index (χ3n) is 2.48. The molecule has 0 aliphatic heterocycles. The fourth-order valence-corrected chi connectivity index (χ4v) is 1.54. The predicted molar refractivity (Wildman–Crippen MR) is 66.5 cm³/mol. The lowest BCUT2D eigenvalue weighted by atomic mass is 10.2. The zero-order valence-electron chi connectivity index (χ0n) is 9.56. The van der Waals surface area contributed by atoms with Crippen LogP contribution in [0, 0.1) is 5.82 Å². The molecular formula is C13H12FN3O. The minimum absolute atomic E-state index is 0.277. The van der Waals surface area contributed by atoms with Gasteiger partial charge < -0.3 is 11.1 Å². The lowest BCUT2D eigenvalue weighted by molar-refractivity contribution is 0.100. The van der Waals surface area contributed by atoms with Crippen LogP contribution in [0.3, 0.4) is 0 Å². The van der Waals surface area contributed by atoms with Crippen LogP contribution in [-0.2, 0) is 6.54 Å². The summed E-state index contributed by atoms with van der Waals surface area (Å²) in [6.07, 6.45) is 2.98. The van der Waals surface area contributed by atoms with E-state index >= 15 is 0 Å². The van der Waals surface area contributed by atoms with Crippen LogP contribution in [0.25, 0.3) is 0 Å². The number of nitrogens with one attached hydrogen (secondary N) is 1. The molecule has 4 nitrogen and oxygen atoms in total. The second-order valence-electron chi connectivity index (χ2n) is 3.77. The molecule has 0 saturated heterocycles. The summed E-state index contributed by atoms with van der Waals surface area (Å²) in [5.41, 5.74) is 7.09. The van der Waals surface area contributed by atoms with E-state index in [9.17, 15) is 9.18 Å². The summed E-state index contributed by atoms with van der Waals surface area (Å²) < 4.78 is 12.7. The molecule has 92 valence electrons. The molecule has 0 bridgehead atoms. The van der Waals surface area contributed by atoms with Crippen molar-refractivity contribution in [3.05, 3.63) is 59.7 Å². The summed E-state index contributed by atoms with van der Waals surface area (Å²) in [4.78, 5) is 15.0. The summed E-state index contributed by atoms with van der Waals surface area (Å²) in [5.74, 6) is -0.815. The molecule has 5 heteroatoms. The number of benzene rings is 1. The van der Waals surface area contributed by atoms with Crippen molar-refractivity contribution in [2.24, 2.45) is 5.73 Å². The van der Waals surface area contributed by atoms with Crippen LogP contribution in [0.15, 0.2) is 42.7 Å². The van der Waals surface area contributed by atoms with E-state index in [2.05, 4.69) is 10.3 Å². The lowest BCUT2D eigenvalue weighted by Crippen LogP contribution is -2.14. The Bertz CT molecular complexity index is 554. The van der Waals surface area contributed by atoms with Crippen molar-refractivity contribution in [2.45, 2.75) is 6.54 Å². The van der Waals surface area contributed by atoms with Crippen LogP contribution < -0.4 is 11.1 Å². The molecule has 1 aromatic carbocycles.